The number of anilines is 1. The number of fused-ring (bicyclic) bond motifs is 1. The summed E-state index contributed by atoms with van der Waals surface area (Å²) in [5.74, 6) is 0.502. The van der Waals surface area contributed by atoms with Crippen LogP contribution < -0.4 is 10.9 Å². The lowest BCUT2D eigenvalue weighted by Gasteiger charge is -2.18. The lowest BCUT2D eigenvalue weighted by atomic mass is 9.97. The van der Waals surface area contributed by atoms with Crippen LogP contribution in [0.25, 0.3) is 0 Å². The monoisotopic (exact) mass is 394 g/mol. The molecule has 0 unspecified atom stereocenters. The van der Waals surface area contributed by atoms with Crippen LogP contribution in [0.1, 0.15) is 23.6 Å². The highest BCUT2D eigenvalue weighted by molar-refractivity contribution is 9.10. The Morgan fingerprint density at radius 2 is 1.80 bits per heavy atom. The van der Waals surface area contributed by atoms with Crippen molar-refractivity contribution in [2.24, 2.45) is 4.99 Å². The van der Waals surface area contributed by atoms with Gasteiger partial charge in [-0.25, -0.2) is 9.98 Å². The van der Waals surface area contributed by atoms with E-state index >= 15 is 0 Å². The van der Waals surface area contributed by atoms with Crippen molar-refractivity contribution in [1.82, 2.24) is 9.97 Å². The van der Waals surface area contributed by atoms with E-state index in [-0.39, 0.29) is 11.6 Å². The summed E-state index contributed by atoms with van der Waals surface area (Å²) < 4.78 is 1.02. The maximum atomic E-state index is 12.2. The molecule has 2 aromatic carbocycles. The molecule has 6 heteroatoms. The summed E-state index contributed by atoms with van der Waals surface area (Å²) in [6.07, 6.45) is 2.05. The maximum absolute atomic E-state index is 12.2. The van der Waals surface area contributed by atoms with E-state index in [1.807, 2.05) is 42.5 Å². The van der Waals surface area contributed by atoms with Gasteiger partial charge in [0, 0.05) is 10.9 Å². The first-order chi connectivity index (χ1) is 12.2. The van der Waals surface area contributed by atoms with Gasteiger partial charge in [0.2, 0.25) is 0 Å². The molecule has 0 saturated heterocycles. The van der Waals surface area contributed by atoms with Gasteiger partial charge in [-0.05, 0) is 23.3 Å². The number of hydrogen-bond acceptors (Lipinski definition) is 4. The van der Waals surface area contributed by atoms with Gasteiger partial charge < -0.3 is 10.3 Å². The smallest absolute Gasteiger partial charge is 0.278 e. The molecule has 0 spiro atoms. The van der Waals surface area contributed by atoms with Crippen molar-refractivity contribution in [2.75, 3.05) is 5.32 Å². The third-order valence-electron chi connectivity index (χ3n) is 4.16. The maximum Gasteiger partial charge on any atom is 0.278 e. The molecule has 5 nitrogen and oxygen atoms in total. The number of benzene rings is 2. The minimum absolute atomic E-state index is 0.0254. The standard InChI is InChI=1S/C19H15BrN4O/c20-14-8-6-13(7-9-14)16-10-15(12-4-2-1-3-5-12)23-17-18(24-16)21-11-22-19(17)25/h1-9,11,16H,10H2,(H2,21,22,24,25)/t16-/m1/s1. The molecular formula is C19H15BrN4O. The van der Waals surface area contributed by atoms with Gasteiger partial charge in [0.1, 0.15) is 0 Å². The molecule has 3 aromatic rings. The van der Waals surface area contributed by atoms with Crippen LogP contribution in [0, 0.1) is 0 Å². The molecule has 2 N–H and O–H groups in total. The average molecular weight is 395 g/mol. The van der Waals surface area contributed by atoms with Crippen molar-refractivity contribution in [3.63, 3.8) is 0 Å². The molecule has 1 aliphatic rings. The number of aromatic nitrogens is 2. The van der Waals surface area contributed by atoms with Crippen molar-refractivity contribution in [2.45, 2.75) is 12.5 Å². The molecule has 0 fully saturated rings. The third-order valence-corrected chi connectivity index (χ3v) is 4.69. The Bertz CT molecular complexity index is 980. The van der Waals surface area contributed by atoms with E-state index in [2.05, 4.69) is 48.3 Å². The fraction of sp³-hybridized carbons (Fsp3) is 0.105. The normalized spacial score (nSPS) is 16.4. The zero-order valence-corrected chi connectivity index (χ0v) is 14.8. The average Bonchev–Trinajstić information content (AvgIpc) is 2.84. The minimum Gasteiger partial charge on any atom is -0.361 e. The summed E-state index contributed by atoms with van der Waals surface area (Å²) >= 11 is 3.47. The number of H-pyrrole nitrogens is 1. The summed E-state index contributed by atoms with van der Waals surface area (Å²) in [5.41, 5.74) is 3.05. The molecule has 2 heterocycles. The zero-order chi connectivity index (χ0) is 17.2. The Kier molecular flexibility index (Phi) is 4.19. The van der Waals surface area contributed by atoms with E-state index in [0.29, 0.717) is 17.9 Å². The third kappa shape index (κ3) is 3.25. The van der Waals surface area contributed by atoms with Crippen LogP contribution in [-0.2, 0) is 0 Å². The lowest BCUT2D eigenvalue weighted by Crippen LogP contribution is -2.15. The highest BCUT2D eigenvalue weighted by Crippen LogP contribution is 2.32. The number of aromatic amines is 1. The van der Waals surface area contributed by atoms with Gasteiger partial charge in [0.05, 0.1) is 18.1 Å². The molecule has 1 aromatic heterocycles. The van der Waals surface area contributed by atoms with Crippen molar-refractivity contribution >= 4 is 33.1 Å². The van der Waals surface area contributed by atoms with Crippen molar-refractivity contribution < 1.29 is 0 Å². The Morgan fingerprint density at radius 3 is 2.56 bits per heavy atom. The van der Waals surface area contributed by atoms with E-state index in [0.717, 1.165) is 21.3 Å². The van der Waals surface area contributed by atoms with E-state index in [1.54, 1.807) is 0 Å². The zero-order valence-electron chi connectivity index (χ0n) is 13.2. The topological polar surface area (TPSA) is 70.1 Å². The summed E-state index contributed by atoms with van der Waals surface area (Å²) in [7, 11) is 0. The van der Waals surface area contributed by atoms with Crippen LogP contribution in [0.2, 0.25) is 0 Å². The quantitative estimate of drug-likeness (QED) is 0.683. The number of halogens is 1. The summed E-state index contributed by atoms with van der Waals surface area (Å²) in [5, 5.41) is 3.37. The van der Waals surface area contributed by atoms with Gasteiger partial charge in [-0.2, -0.15) is 0 Å². The summed E-state index contributed by atoms with van der Waals surface area (Å²) in [6.45, 7) is 0. The van der Waals surface area contributed by atoms with Crippen molar-refractivity contribution in [3.05, 3.63) is 86.9 Å². The van der Waals surface area contributed by atoms with Crippen molar-refractivity contribution in [3.8, 4) is 0 Å². The van der Waals surface area contributed by atoms with E-state index in [9.17, 15) is 4.79 Å². The van der Waals surface area contributed by atoms with Gasteiger partial charge in [0.15, 0.2) is 11.5 Å². The van der Waals surface area contributed by atoms with Crippen molar-refractivity contribution in [1.29, 1.82) is 0 Å². The van der Waals surface area contributed by atoms with Crippen LogP contribution in [0.5, 0.6) is 0 Å². The second-order valence-electron chi connectivity index (χ2n) is 5.81. The molecule has 4 rings (SSSR count). The molecule has 124 valence electrons. The fourth-order valence-electron chi connectivity index (χ4n) is 2.90. The predicted octanol–water partition coefficient (Wildman–Crippen LogP) is 4.21. The highest BCUT2D eigenvalue weighted by Gasteiger charge is 2.23. The molecule has 0 amide bonds. The van der Waals surface area contributed by atoms with E-state index < -0.39 is 0 Å². The predicted molar refractivity (Wildman–Crippen MR) is 103 cm³/mol. The Balaban J connectivity index is 1.84. The number of nitrogens with one attached hydrogen (secondary N) is 2. The van der Waals surface area contributed by atoms with Gasteiger partial charge in [-0.3, -0.25) is 4.79 Å². The van der Waals surface area contributed by atoms with E-state index in [1.165, 1.54) is 6.33 Å². The van der Waals surface area contributed by atoms with Gasteiger partial charge in [0.25, 0.3) is 5.56 Å². The molecule has 0 radical (unpaired) electrons. The second-order valence-corrected chi connectivity index (χ2v) is 6.72. The fourth-order valence-corrected chi connectivity index (χ4v) is 3.17. The number of hydrogen-bond donors (Lipinski definition) is 2. The second kappa shape index (κ2) is 6.64. The van der Waals surface area contributed by atoms with Crippen LogP contribution in [-0.4, -0.2) is 15.7 Å². The first kappa shape index (κ1) is 15.8. The van der Waals surface area contributed by atoms with Crippen LogP contribution >= 0.6 is 15.9 Å². The SMILES string of the molecule is O=c1[nH]cnc2c1N=C(c1ccccc1)C[C@H](c1ccc(Br)cc1)N2. The van der Waals surface area contributed by atoms with Gasteiger partial charge in [-0.1, -0.05) is 58.4 Å². The summed E-state index contributed by atoms with van der Waals surface area (Å²) in [4.78, 5) is 23.8. The largest absolute Gasteiger partial charge is 0.361 e. The Hall–Kier alpha value is -2.73. The van der Waals surface area contributed by atoms with Gasteiger partial charge in [-0.15, -0.1) is 0 Å². The number of nitrogens with zero attached hydrogens (tertiary/aromatic N) is 2. The summed E-state index contributed by atoms with van der Waals surface area (Å²) in [6, 6.07) is 18.0. The molecule has 0 saturated carbocycles. The van der Waals surface area contributed by atoms with Crippen LogP contribution in [0.4, 0.5) is 11.5 Å². The lowest BCUT2D eigenvalue weighted by molar-refractivity contribution is 0.820. The molecular weight excluding hydrogens is 380 g/mol. The van der Waals surface area contributed by atoms with Gasteiger partial charge >= 0.3 is 0 Å². The molecule has 0 bridgehead atoms. The van der Waals surface area contributed by atoms with E-state index in [4.69, 9.17) is 0 Å². The first-order valence-corrected chi connectivity index (χ1v) is 8.73. The first-order valence-electron chi connectivity index (χ1n) is 7.93. The molecule has 1 atom stereocenters. The Labute approximate surface area is 153 Å². The van der Waals surface area contributed by atoms with Crippen LogP contribution in [0.15, 0.2) is 75.2 Å². The Morgan fingerprint density at radius 1 is 1.04 bits per heavy atom. The number of aliphatic imine (C=N–C) groups is 1. The van der Waals surface area contributed by atoms with Crippen LogP contribution in [0.3, 0.4) is 0 Å². The molecule has 1 aliphatic heterocycles. The number of rotatable bonds is 2. The minimum atomic E-state index is -0.248. The molecule has 25 heavy (non-hydrogen) atoms. The molecule has 0 aliphatic carbocycles. The highest BCUT2D eigenvalue weighted by atomic mass is 79.9.